The second kappa shape index (κ2) is 22.6. The van der Waals surface area contributed by atoms with E-state index in [9.17, 15) is 19.8 Å². The van der Waals surface area contributed by atoms with Crippen LogP contribution in [0.1, 0.15) is 20.7 Å². The van der Waals surface area contributed by atoms with Gasteiger partial charge in [-0.15, -0.1) is 0 Å². The van der Waals surface area contributed by atoms with E-state index in [1.807, 2.05) is 188 Å². The molecule has 0 unspecified atom stereocenters. The van der Waals surface area contributed by atoms with Gasteiger partial charge in [-0.2, -0.15) is 0 Å². The van der Waals surface area contributed by atoms with Crippen molar-refractivity contribution in [2.24, 2.45) is 4.99 Å². The van der Waals surface area contributed by atoms with Crippen LogP contribution in [-0.4, -0.2) is 128 Å². The van der Waals surface area contributed by atoms with Crippen LogP contribution in [0.3, 0.4) is 0 Å². The van der Waals surface area contributed by atoms with Gasteiger partial charge < -0.3 is 51.9 Å². The number of nitrogens with zero attached hydrogens (tertiary/aromatic N) is 7. The number of fused-ring (bicyclic) bond motifs is 4. The molecule has 0 amide bonds. The van der Waals surface area contributed by atoms with E-state index in [4.69, 9.17) is 26.2 Å². The zero-order chi connectivity index (χ0) is 50.4. The van der Waals surface area contributed by atoms with Crippen LogP contribution >= 0.6 is 11.6 Å². The van der Waals surface area contributed by atoms with Crippen molar-refractivity contribution >= 4 is 80.2 Å². The number of aromatic carboxylic acids is 2. The lowest BCUT2D eigenvalue weighted by atomic mass is 9.90. The summed E-state index contributed by atoms with van der Waals surface area (Å²) in [4.78, 5) is 34.6. The average molecular weight is 988 g/mol. The summed E-state index contributed by atoms with van der Waals surface area (Å²) in [6.45, 7) is 0. The summed E-state index contributed by atoms with van der Waals surface area (Å²) in [7, 11) is 23.2. The monoisotopic (exact) mass is 986 g/mol. The summed E-state index contributed by atoms with van der Waals surface area (Å²) in [6.07, 6.45) is 1.65. The third kappa shape index (κ3) is 11.9. The Labute approximate surface area is 419 Å². The number of anilines is 3. The van der Waals surface area contributed by atoms with Gasteiger partial charge in [0.05, 0.1) is 35.3 Å². The number of rotatable bonds is 8. The fourth-order valence-electron chi connectivity index (χ4n) is 7.57. The zero-order valence-corrected chi connectivity index (χ0v) is 43.1. The minimum absolute atomic E-state index is 0. The molecule has 0 bridgehead atoms. The van der Waals surface area contributed by atoms with Gasteiger partial charge in [-0.05, 0) is 83.4 Å². The smallest absolute Gasteiger partial charge is 0.336 e. The molecule has 2 aliphatic carbocycles. The lowest BCUT2D eigenvalue weighted by molar-refractivity contribution is -0.457. The fraction of sp³-hybridized carbons (Fsp3) is 0.222. The van der Waals surface area contributed by atoms with Crippen molar-refractivity contribution in [2.45, 2.75) is 0 Å². The Morgan fingerprint density at radius 2 is 1.00 bits per heavy atom. The maximum Gasteiger partial charge on any atom is 0.336 e. The highest BCUT2D eigenvalue weighted by Gasteiger charge is 2.24. The standard InChI is InChI=1S/C27H28N4O3.C24H23N3O3.C3H7ClN.ClH/c1-29(2)16-28-17-7-10-20(23(13-17)27(32)33)26-21-11-8-18(30(3)4)14-24(21)34-25-15-19(31(5)6)9-12-22(25)26;1-26(2)15-6-9-18-21(12-15)30-22-13-16(27(3)4)7-10-19(22)23(18)17-8-5-14(25)11-20(17)24(28)29;1-5(2)3-4;/h7-16H,1-6H3;5-13,25H,1-4H3,(H,28,29);3H,1-2H3;1H/q;;+1;/p+1. The number of nitrogens with two attached hydrogens (primary N) is 1. The van der Waals surface area contributed by atoms with Gasteiger partial charge in [-0.1, -0.05) is 12.1 Å². The summed E-state index contributed by atoms with van der Waals surface area (Å²) in [6, 6.07) is 34.2. The van der Waals surface area contributed by atoms with E-state index in [1.165, 1.54) is 11.7 Å². The summed E-state index contributed by atoms with van der Waals surface area (Å²) in [5, 5.41) is 23.6. The molecular formula is C54H60Cl2N8O6+2. The number of nitrogen functional groups attached to an aromatic ring is 1. The van der Waals surface area contributed by atoms with Crippen molar-refractivity contribution in [1.82, 2.24) is 14.1 Å². The molecule has 0 spiro atoms. The highest BCUT2D eigenvalue weighted by Crippen LogP contribution is 2.44. The maximum atomic E-state index is 12.3. The van der Waals surface area contributed by atoms with Gasteiger partial charge >= 0.3 is 11.9 Å². The number of carboxylic acids is 2. The molecule has 4 aromatic rings. The Morgan fingerprint density at radius 1 is 0.586 bits per heavy atom. The number of benzene rings is 6. The summed E-state index contributed by atoms with van der Waals surface area (Å²) < 4.78 is 18.4. The molecule has 0 aromatic heterocycles. The molecule has 364 valence electrons. The molecule has 8 rings (SSSR count). The number of carbonyl (C=O) groups is 2. The van der Waals surface area contributed by atoms with Crippen molar-refractivity contribution < 1.29 is 45.6 Å². The molecule has 14 nitrogen and oxygen atoms in total. The first-order valence-electron chi connectivity index (χ1n) is 21.9. The number of aliphatic imine (C=N–C) groups is 1. The van der Waals surface area contributed by atoms with E-state index in [0.717, 1.165) is 55.1 Å². The molecule has 4 aromatic carbocycles. The first-order valence-corrected chi connectivity index (χ1v) is 22.3. The minimum atomic E-state index is -1.02. The maximum absolute atomic E-state index is 12.3. The van der Waals surface area contributed by atoms with E-state index in [1.54, 1.807) is 34.0 Å². The first-order chi connectivity index (χ1) is 32.7. The number of hydrogen-bond acceptors (Lipinski definition) is 8. The van der Waals surface area contributed by atoms with Crippen LogP contribution in [-0.2, 0) is 0 Å². The van der Waals surface area contributed by atoms with Crippen LogP contribution in [0.15, 0.2) is 123 Å². The Morgan fingerprint density at radius 3 is 1.39 bits per heavy atom. The van der Waals surface area contributed by atoms with Crippen molar-refractivity contribution in [2.75, 3.05) is 100 Å². The van der Waals surface area contributed by atoms with Crippen molar-refractivity contribution in [3.05, 3.63) is 131 Å². The normalized spacial score (nSPS) is 10.8. The first kappa shape index (κ1) is 53.3. The molecular weight excluding hydrogens is 928 g/mol. The topological polar surface area (TPSA) is 158 Å². The van der Waals surface area contributed by atoms with Crippen LogP contribution in [0.25, 0.3) is 66.8 Å². The Kier molecular flexibility index (Phi) is 17.2. The molecule has 4 aliphatic rings. The molecule has 0 atom stereocenters. The van der Waals surface area contributed by atoms with Crippen molar-refractivity contribution in [1.29, 1.82) is 0 Å². The number of halogens is 2. The summed E-state index contributed by atoms with van der Waals surface area (Å²) >= 11 is 5.14. The van der Waals surface area contributed by atoms with Crippen molar-refractivity contribution in [3.63, 3.8) is 0 Å². The fourth-order valence-corrected chi connectivity index (χ4v) is 7.57. The number of hydrogen-bond donors (Lipinski definition) is 3. The SMILES string of the molecule is CN(C)C=Nc1ccc(-c2c3ccc(=[N+](C)C)cc-3oc3cc(N(C)C)ccc23)c(C(=O)O)c1.CN(C)c1ccc2c(-c3ccc(N)cc3C(=O)O)c3ccc(=[N+](C)C)cc-3oc2c1.C[N+](C)=CCl.[Cl-]. The van der Waals surface area contributed by atoms with Gasteiger partial charge in [0, 0.05) is 117 Å². The van der Waals surface area contributed by atoms with Gasteiger partial charge in [0.1, 0.15) is 65.0 Å². The molecule has 16 heteroatoms. The molecule has 0 saturated heterocycles. The molecule has 0 fully saturated rings. The lowest BCUT2D eigenvalue weighted by Crippen LogP contribution is -3.00. The second-order valence-electron chi connectivity index (χ2n) is 17.7. The largest absolute Gasteiger partial charge is 1.00 e. The zero-order valence-electron chi connectivity index (χ0n) is 41.5. The Hall–Kier alpha value is -7.68. The second-order valence-corrected chi connectivity index (χ2v) is 17.9. The third-order valence-corrected chi connectivity index (χ3v) is 11.5. The molecule has 2 aliphatic heterocycles. The van der Waals surface area contributed by atoms with E-state index >= 15 is 0 Å². The van der Waals surface area contributed by atoms with Gasteiger partial charge in [-0.3, -0.25) is 0 Å². The van der Waals surface area contributed by atoms with E-state index in [0.29, 0.717) is 45.2 Å². The van der Waals surface area contributed by atoms with Crippen LogP contribution in [0.5, 0.6) is 0 Å². The molecule has 0 saturated carbocycles. The van der Waals surface area contributed by atoms with Gasteiger partial charge in [0.15, 0.2) is 0 Å². The lowest BCUT2D eigenvalue weighted by Gasteiger charge is -2.19. The number of carboxylic acid groups (broad SMARTS) is 2. The summed E-state index contributed by atoms with van der Waals surface area (Å²) in [5.41, 5.74) is 16.6. The van der Waals surface area contributed by atoms with E-state index in [2.05, 4.69) is 4.99 Å². The summed E-state index contributed by atoms with van der Waals surface area (Å²) in [5.74, 6) is -0.647. The Bertz CT molecular complexity index is 3380. The molecule has 70 heavy (non-hydrogen) atoms. The van der Waals surface area contributed by atoms with Crippen LogP contribution in [0.2, 0.25) is 0 Å². The predicted molar refractivity (Wildman–Crippen MR) is 284 cm³/mol. The van der Waals surface area contributed by atoms with Gasteiger partial charge in [-0.25, -0.2) is 28.3 Å². The van der Waals surface area contributed by atoms with E-state index in [-0.39, 0.29) is 23.5 Å². The minimum Gasteiger partial charge on any atom is -1.00 e. The molecule has 4 N–H and O–H groups in total. The van der Waals surface area contributed by atoms with Crippen molar-refractivity contribution in [3.8, 4) is 44.9 Å². The molecule has 0 radical (unpaired) electrons. The van der Waals surface area contributed by atoms with Crippen LogP contribution < -0.4 is 47.8 Å². The quantitative estimate of drug-likeness (QED) is 0.0598. The van der Waals surface area contributed by atoms with Crippen LogP contribution in [0, 0.1) is 0 Å². The van der Waals surface area contributed by atoms with Crippen LogP contribution in [0.4, 0.5) is 22.7 Å². The van der Waals surface area contributed by atoms with Gasteiger partial charge in [0.2, 0.25) is 16.4 Å². The highest BCUT2D eigenvalue weighted by atomic mass is 35.5. The Balaban J connectivity index is 0.000000236. The van der Waals surface area contributed by atoms with E-state index < -0.39 is 11.9 Å². The predicted octanol–water partition coefficient (Wildman–Crippen LogP) is 5.33. The average Bonchev–Trinajstić information content (AvgIpc) is 3.31. The molecule has 2 heterocycles. The van der Waals surface area contributed by atoms with Gasteiger partial charge in [0.25, 0.3) is 0 Å². The highest BCUT2D eigenvalue weighted by molar-refractivity contribution is 6.54. The third-order valence-electron chi connectivity index (χ3n) is 11.1.